The van der Waals surface area contributed by atoms with E-state index < -0.39 is 18.3 Å². The molecule has 0 amide bonds. The van der Waals surface area contributed by atoms with Gasteiger partial charge in [0.25, 0.3) is 0 Å². The van der Waals surface area contributed by atoms with Crippen molar-refractivity contribution < 1.29 is 13.6 Å². The van der Waals surface area contributed by atoms with Gasteiger partial charge >= 0.3 is 0 Å². The Labute approximate surface area is 110 Å². The third kappa shape index (κ3) is 9.55. The van der Waals surface area contributed by atoms with Crippen LogP contribution in [0.25, 0.3) is 0 Å². The molecule has 0 bridgehead atoms. The van der Waals surface area contributed by atoms with E-state index in [0.29, 0.717) is 19.3 Å². The summed E-state index contributed by atoms with van der Waals surface area (Å²) in [5.74, 6) is -0.421. The molecule has 0 aromatic heterocycles. The van der Waals surface area contributed by atoms with Crippen LogP contribution in [0.2, 0.25) is 0 Å². The maximum absolute atomic E-state index is 13.5. The van der Waals surface area contributed by atoms with Crippen molar-refractivity contribution in [3.63, 3.8) is 0 Å². The fourth-order valence-electron chi connectivity index (χ4n) is 2.16. The highest BCUT2D eigenvalue weighted by molar-refractivity contribution is 5.54. The lowest BCUT2D eigenvalue weighted by molar-refractivity contribution is -0.113. The standard InChI is InChI=1S/C15H28F2O/c1-3-9-15(17)14(12-18)11-8-6-4-5-7-10-13(2)16/h12-15H,3-11H2,1-2H3. The molecule has 0 rings (SSSR count). The Morgan fingerprint density at radius 1 is 0.944 bits per heavy atom. The van der Waals surface area contributed by atoms with Crippen LogP contribution in [0.1, 0.15) is 71.6 Å². The van der Waals surface area contributed by atoms with Crippen LogP contribution in [0.4, 0.5) is 8.78 Å². The summed E-state index contributed by atoms with van der Waals surface area (Å²) in [7, 11) is 0. The van der Waals surface area contributed by atoms with Crippen LogP contribution >= 0.6 is 0 Å². The van der Waals surface area contributed by atoms with Crippen molar-refractivity contribution in [2.75, 3.05) is 0 Å². The summed E-state index contributed by atoms with van der Waals surface area (Å²) in [6.07, 6.45) is 6.60. The van der Waals surface area contributed by atoms with Crippen molar-refractivity contribution in [2.24, 2.45) is 5.92 Å². The summed E-state index contributed by atoms with van der Waals surface area (Å²) in [5, 5.41) is 0. The number of aldehydes is 1. The molecule has 0 aliphatic heterocycles. The number of rotatable bonds is 12. The number of unbranched alkanes of at least 4 members (excludes halogenated alkanes) is 4. The molecule has 0 aromatic carbocycles. The van der Waals surface area contributed by atoms with E-state index >= 15 is 0 Å². The first-order valence-electron chi connectivity index (χ1n) is 7.35. The van der Waals surface area contributed by atoms with E-state index in [4.69, 9.17) is 0 Å². The van der Waals surface area contributed by atoms with E-state index in [1.165, 1.54) is 0 Å². The first-order chi connectivity index (χ1) is 8.61. The van der Waals surface area contributed by atoms with E-state index in [-0.39, 0.29) is 0 Å². The molecule has 0 heterocycles. The van der Waals surface area contributed by atoms with E-state index in [2.05, 4.69) is 0 Å². The average molecular weight is 262 g/mol. The number of hydrogen-bond donors (Lipinski definition) is 0. The molecule has 0 fully saturated rings. The van der Waals surface area contributed by atoms with Gasteiger partial charge in [-0.15, -0.1) is 0 Å². The predicted octanol–water partition coefficient (Wildman–Crippen LogP) is 5.03. The third-order valence-corrected chi connectivity index (χ3v) is 3.34. The van der Waals surface area contributed by atoms with Crippen molar-refractivity contribution in [3.05, 3.63) is 0 Å². The molecule has 0 aliphatic carbocycles. The molecule has 0 saturated heterocycles. The predicted molar refractivity (Wildman–Crippen MR) is 72.2 cm³/mol. The van der Waals surface area contributed by atoms with Crippen molar-refractivity contribution in [1.82, 2.24) is 0 Å². The molecule has 0 N–H and O–H groups in total. The van der Waals surface area contributed by atoms with E-state index in [1.807, 2.05) is 6.92 Å². The molecule has 0 aliphatic rings. The summed E-state index contributed by atoms with van der Waals surface area (Å²) >= 11 is 0. The van der Waals surface area contributed by atoms with Crippen LogP contribution in [0.5, 0.6) is 0 Å². The zero-order valence-electron chi connectivity index (χ0n) is 11.8. The summed E-state index contributed by atoms with van der Waals surface area (Å²) in [6.45, 7) is 3.52. The Bertz CT molecular complexity index is 195. The SMILES string of the molecule is CCCC(F)C(C=O)CCCCCCCC(C)F. The molecule has 108 valence electrons. The number of halogens is 2. The van der Waals surface area contributed by atoms with Crippen LogP contribution in [-0.4, -0.2) is 18.6 Å². The minimum Gasteiger partial charge on any atom is -0.303 e. The summed E-state index contributed by atoms with van der Waals surface area (Å²) in [6, 6.07) is 0. The van der Waals surface area contributed by atoms with Gasteiger partial charge in [0, 0.05) is 5.92 Å². The maximum Gasteiger partial charge on any atom is 0.125 e. The lowest BCUT2D eigenvalue weighted by atomic mass is 9.94. The van der Waals surface area contributed by atoms with E-state index in [0.717, 1.165) is 44.8 Å². The number of carbonyl (C=O) groups excluding carboxylic acids is 1. The molecule has 0 radical (unpaired) electrons. The molecule has 1 nitrogen and oxygen atoms in total. The monoisotopic (exact) mass is 262 g/mol. The summed E-state index contributed by atoms with van der Waals surface area (Å²) < 4.78 is 26.0. The van der Waals surface area contributed by atoms with Crippen LogP contribution < -0.4 is 0 Å². The van der Waals surface area contributed by atoms with Gasteiger partial charge in [0.1, 0.15) is 12.5 Å². The quantitative estimate of drug-likeness (QED) is 0.356. The highest BCUT2D eigenvalue weighted by atomic mass is 19.1. The number of hydrogen-bond acceptors (Lipinski definition) is 1. The minimum absolute atomic E-state index is 0.421. The normalized spacial score (nSPS) is 16.2. The zero-order chi connectivity index (χ0) is 13.8. The van der Waals surface area contributed by atoms with E-state index in [1.54, 1.807) is 6.92 Å². The van der Waals surface area contributed by atoms with Gasteiger partial charge < -0.3 is 4.79 Å². The first kappa shape index (κ1) is 17.5. The van der Waals surface area contributed by atoms with Crippen LogP contribution in [0, 0.1) is 5.92 Å². The molecule has 3 atom stereocenters. The highest BCUT2D eigenvalue weighted by Crippen LogP contribution is 2.19. The minimum atomic E-state index is -0.972. The maximum atomic E-state index is 13.5. The largest absolute Gasteiger partial charge is 0.303 e. The van der Waals surface area contributed by atoms with Gasteiger partial charge in [-0.05, 0) is 26.2 Å². The Morgan fingerprint density at radius 3 is 2.00 bits per heavy atom. The fraction of sp³-hybridized carbons (Fsp3) is 0.933. The van der Waals surface area contributed by atoms with Gasteiger partial charge in [0.15, 0.2) is 0 Å². The topological polar surface area (TPSA) is 17.1 Å². The fourth-order valence-corrected chi connectivity index (χ4v) is 2.16. The number of alkyl halides is 2. The summed E-state index contributed by atoms with van der Waals surface area (Å²) in [5.41, 5.74) is 0. The molecule has 0 saturated carbocycles. The molecular formula is C15H28F2O. The van der Waals surface area contributed by atoms with Gasteiger partial charge in [-0.25, -0.2) is 8.78 Å². The van der Waals surface area contributed by atoms with Gasteiger partial charge in [0.2, 0.25) is 0 Å². The lowest BCUT2D eigenvalue weighted by Crippen LogP contribution is -2.17. The second-order valence-corrected chi connectivity index (χ2v) is 5.23. The Morgan fingerprint density at radius 2 is 1.50 bits per heavy atom. The molecule has 18 heavy (non-hydrogen) atoms. The summed E-state index contributed by atoms with van der Waals surface area (Å²) in [4.78, 5) is 10.8. The van der Waals surface area contributed by atoms with Crippen molar-refractivity contribution >= 4 is 6.29 Å². The Hall–Kier alpha value is -0.470. The van der Waals surface area contributed by atoms with Crippen molar-refractivity contribution in [2.45, 2.75) is 84.0 Å². The zero-order valence-corrected chi connectivity index (χ0v) is 11.8. The van der Waals surface area contributed by atoms with Gasteiger partial charge in [-0.1, -0.05) is 45.4 Å². The molecule has 3 heteroatoms. The van der Waals surface area contributed by atoms with Crippen molar-refractivity contribution in [1.29, 1.82) is 0 Å². The molecular weight excluding hydrogens is 234 g/mol. The van der Waals surface area contributed by atoms with E-state index in [9.17, 15) is 13.6 Å². The van der Waals surface area contributed by atoms with Gasteiger partial charge in [0.05, 0.1) is 6.17 Å². The Balaban J connectivity index is 3.48. The smallest absolute Gasteiger partial charge is 0.125 e. The van der Waals surface area contributed by atoms with Crippen molar-refractivity contribution in [3.8, 4) is 0 Å². The van der Waals surface area contributed by atoms with Gasteiger partial charge in [-0.3, -0.25) is 0 Å². The first-order valence-corrected chi connectivity index (χ1v) is 7.35. The lowest BCUT2D eigenvalue weighted by Gasteiger charge is -2.14. The second kappa shape index (κ2) is 11.6. The van der Waals surface area contributed by atoms with Crippen LogP contribution in [0.15, 0.2) is 0 Å². The molecule has 0 spiro atoms. The third-order valence-electron chi connectivity index (χ3n) is 3.34. The molecule has 0 aromatic rings. The highest BCUT2D eigenvalue weighted by Gasteiger charge is 2.18. The molecule has 3 unspecified atom stereocenters. The average Bonchev–Trinajstić information content (AvgIpc) is 2.32. The second-order valence-electron chi connectivity index (χ2n) is 5.23. The van der Waals surface area contributed by atoms with Gasteiger partial charge in [-0.2, -0.15) is 0 Å². The van der Waals surface area contributed by atoms with Crippen LogP contribution in [0.3, 0.4) is 0 Å². The van der Waals surface area contributed by atoms with Crippen LogP contribution in [-0.2, 0) is 4.79 Å². The Kier molecular flexibility index (Phi) is 11.3. The number of carbonyl (C=O) groups is 1.